The number of H-pyrrole nitrogens is 1. The van der Waals surface area contributed by atoms with Gasteiger partial charge in [-0.05, 0) is 24.1 Å². The fraction of sp³-hybridized carbons (Fsp3) is 0.333. The fourth-order valence-electron chi connectivity index (χ4n) is 2.71. The third kappa shape index (κ3) is 3.11. The predicted molar refractivity (Wildman–Crippen MR) is 88.7 cm³/mol. The largest absolute Gasteiger partial charge is 0.365 e. The van der Waals surface area contributed by atoms with Crippen molar-refractivity contribution in [3.8, 4) is 0 Å². The van der Waals surface area contributed by atoms with Crippen molar-refractivity contribution in [1.82, 2.24) is 15.4 Å². The first kappa shape index (κ1) is 15.6. The molecule has 0 aliphatic carbocycles. The van der Waals surface area contributed by atoms with Crippen LogP contribution in [0, 0.1) is 0 Å². The van der Waals surface area contributed by atoms with Gasteiger partial charge in [0.05, 0.1) is 25.7 Å². The van der Waals surface area contributed by atoms with Gasteiger partial charge in [-0.2, -0.15) is 0 Å². The minimum atomic E-state index is -0.360. The molecular weight excluding hydrogens is 318 g/mol. The number of halogens is 1. The van der Waals surface area contributed by atoms with E-state index in [4.69, 9.17) is 11.6 Å². The number of benzene rings is 1. The highest BCUT2D eigenvalue weighted by Gasteiger charge is 2.24. The number of aromatic amines is 1. The minimum absolute atomic E-state index is 0.360. The summed E-state index contributed by atoms with van der Waals surface area (Å²) in [5.74, 6) is 0. The van der Waals surface area contributed by atoms with Gasteiger partial charge < -0.3 is 9.88 Å². The molecule has 1 aliphatic heterocycles. The van der Waals surface area contributed by atoms with Gasteiger partial charge in [0.1, 0.15) is 0 Å². The molecule has 2 amide bonds. The average Bonchev–Trinajstić information content (AvgIpc) is 3.18. The minimum Gasteiger partial charge on any atom is -0.365 e. The van der Waals surface area contributed by atoms with Crippen LogP contribution in [0.5, 0.6) is 0 Å². The monoisotopic (exact) mass is 335 g/mol. The van der Waals surface area contributed by atoms with Crippen molar-refractivity contribution < 1.29 is 9.63 Å². The number of carbonyl (C=O) groups is 1. The SMILES string of the molecule is CONC(=O)N(C)c1cc(Cl)c2c(c1)N(Cc1cnc[nH]1)CC2. The summed E-state index contributed by atoms with van der Waals surface area (Å²) in [4.78, 5) is 27.4. The number of hydroxylamine groups is 1. The van der Waals surface area contributed by atoms with Gasteiger partial charge >= 0.3 is 6.03 Å². The highest BCUT2D eigenvalue weighted by molar-refractivity contribution is 6.32. The molecule has 0 atom stereocenters. The molecule has 7 nitrogen and oxygen atoms in total. The number of urea groups is 1. The molecule has 8 heteroatoms. The third-order valence-corrected chi connectivity index (χ3v) is 4.26. The van der Waals surface area contributed by atoms with Gasteiger partial charge in [0.25, 0.3) is 0 Å². The second-order valence-corrected chi connectivity index (χ2v) is 5.75. The Hall–Kier alpha value is -2.25. The quantitative estimate of drug-likeness (QED) is 0.841. The second kappa shape index (κ2) is 6.47. The number of fused-ring (bicyclic) bond motifs is 1. The zero-order valence-corrected chi connectivity index (χ0v) is 13.7. The number of aromatic nitrogens is 2. The van der Waals surface area contributed by atoms with Gasteiger partial charge in [0, 0.05) is 36.2 Å². The Labute approximate surface area is 139 Å². The summed E-state index contributed by atoms with van der Waals surface area (Å²) >= 11 is 6.41. The second-order valence-electron chi connectivity index (χ2n) is 5.34. The van der Waals surface area contributed by atoms with E-state index in [1.807, 2.05) is 12.3 Å². The van der Waals surface area contributed by atoms with Crippen molar-refractivity contribution in [2.75, 3.05) is 30.5 Å². The summed E-state index contributed by atoms with van der Waals surface area (Å²) in [6.07, 6.45) is 4.36. The molecule has 1 aliphatic rings. The summed E-state index contributed by atoms with van der Waals surface area (Å²) in [5, 5.41) is 0.668. The van der Waals surface area contributed by atoms with Crippen LogP contribution in [0.4, 0.5) is 16.2 Å². The maximum absolute atomic E-state index is 11.9. The van der Waals surface area contributed by atoms with Crippen molar-refractivity contribution in [2.24, 2.45) is 0 Å². The van der Waals surface area contributed by atoms with E-state index in [0.717, 1.165) is 36.5 Å². The molecule has 2 N–H and O–H groups in total. The van der Waals surface area contributed by atoms with E-state index in [0.29, 0.717) is 10.7 Å². The Kier molecular flexibility index (Phi) is 4.40. The zero-order chi connectivity index (χ0) is 16.4. The van der Waals surface area contributed by atoms with Crippen molar-refractivity contribution in [2.45, 2.75) is 13.0 Å². The normalized spacial score (nSPS) is 13.1. The number of nitrogens with one attached hydrogen (secondary N) is 2. The Bertz CT molecular complexity index is 704. The first-order valence-electron chi connectivity index (χ1n) is 7.21. The van der Waals surface area contributed by atoms with Gasteiger partial charge in [-0.1, -0.05) is 11.6 Å². The molecule has 23 heavy (non-hydrogen) atoms. The average molecular weight is 336 g/mol. The lowest BCUT2D eigenvalue weighted by Gasteiger charge is -2.22. The van der Waals surface area contributed by atoms with Gasteiger partial charge in [-0.15, -0.1) is 0 Å². The topological polar surface area (TPSA) is 73.5 Å². The van der Waals surface area contributed by atoms with Gasteiger partial charge in [-0.3, -0.25) is 9.74 Å². The van der Waals surface area contributed by atoms with E-state index in [2.05, 4.69) is 25.2 Å². The van der Waals surface area contributed by atoms with Crippen LogP contribution in [0.1, 0.15) is 11.3 Å². The summed E-state index contributed by atoms with van der Waals surface area (Å²) in [5.41, 5.74) is 6.18. The summed E-state index contributed by atoms with van der Waals surface area (Å²) in [7, 11) is 3.06. The van der Waals surface area contributed by atoms with E-state index in [9.17, 15) is 4.79 Å². The number of amides is 2. The van der Waals surface area contributed by atoms with Crippen LogP contribution >= 0.6 is 11.6 Å². The van der Waals surface area contributed by atoms with E-state index >= 15 is 0 Å². The molecule has 0 saturated heterocycles. The fourth-order valence-corrected chi connectivity index (χ4v) is 3.02. The smallest absolute Gasteiger partial charge is 0.345 e. The Morgan fingerprint density at radius 1 is 1.57 bits per heavy atom. The zero-order valence-electron chi connectivity index (χ0n) is 13.0. The molecule has 1 aromatic carbocycles. The van der Waals surface area contributed by atoms with Crippen molar-refractivity contribution >= 4 is 29.0 Å². The Balaban J connectivity index is 1.88. The number of carbonyl (C=O) groups excluding carboxylic acids is 1. The van der Waals surface area contributed by atoms with E-state index < -0.39 is 0 Å². The molecule has 0 saturated carbocycles. The standard InChI is InChI=1S/C15H18ClN5O2/c1-20(15(22)19-23-2)11-5-13(16)12-3-4-21(14(12)6-11)8-10-7-17-9-18-10/h5-7,9H,3-4,8H2,1-2H3,(H,17,18)(H,19,22). The summed E-state index contributed by atoms with van der Waals surface area (Å²) < 4.78 is 0. The first-order chi connectivity index (χ1) is 11.1. The summed E-state index contributed by atoms with van der Waals surface area (Å²) in [6.45, 7) is 1.60. The highest BCUT2D eigenvalue weighted by Crippen LogP contribution is 2.38. The Morgan fingerprint density at radius 2 is 2.39 bits per heavy atom. The van der Waals surface area contributed by atoms with E-state index in [1.165, 1.54) is 12.0 Å². The number of hydrogen-bond acceptors (Lipinski definition) is 4. The Morgan fingerprint density at radius 3 is 3.09 bits per heavy atom. The van der Waals surface area contributed by atoms with Crippen LogP contribution in [0.25, 0.3) is 0 Å². The van der Waals surface area contributed by atoms with Crippen molar-refractivity contribution in [1.29, 1.82) is 0 Å². The molecule has 0 radical (unpaired) electrons. The molecule has 122 valence electrons. The van der Waals surface area contributed by atoms with Crippen molar-refractivity contribution in [3.05, 3.63) is 40.9 Å². The van der Waals surface area contributed by atoms with Gasteiger partial charge in [0.2, 0.25) is 0 Å². The van der Waals surface area contributed by atoms with E-state index in [-0.39, 0.29) is 6.03 Å². The lowest BCUT2D eigenvalue weighted by atomic mass is 10.1. The van der Waals surface area contributed by atoms with Crippen molar-refractivity contribution in [3.63, 3.8) is 0 Å². The molecule has 1 aromatic heterocycles. The first-order valence-corrected chi connectivity index (χ1v) is 7.59. The van der Waals surface area contributed by atoms with Crippen LogP contribution in [0.2, 0.25) is 5.02 Å². The molecule has 0 fully saturated rings. The van der Waals surface area contributed by atoms with E-state index in [1.54, 1.807) is 19.4 Å². The lowest BCUT2D eigenvalue weighted by Crippen LogP contribution is -2.36. The number of imidazole rings is 1. The summed E-state index contributed by atoms with van der Waals surface area (Å²) in [6, 6.07) is 3.41. The highest BCUT2D eigenvalue weighted by atomic mass is 35.5. The number of hydrogen-bond donors (Lipinski definition) is 2. The predicted octanol–water partition coefficient (Wildman–Crippen LogP) is 2.33. The third-order valence-electron chi connectivity index (χ3n) is 3.93. The number of nitrogens with zero attached hydrogens (tertiary/aromatic N) is 3. The van der Waals surface area contributed by atoms with Crippen LogP contribution in [-0.2, 0) is 17.8 Å². The van der Waals surface area contributed by atoms with Crippen LogP contribution in [-0.4, -0.2) is 36.7 Å². The lowest BCUT2D eigenvalue weighted by molar-refractivity contribution is 0.111. The maximum Gasteiger partial charge on any atom is 0.345 e. The molecule has 2 aromatic rings. The number of rotatable bonds is 4. The number of anilines is 2. The molecular formula is C15H18ClN5O2. The molecule has 0 spiro atoms. The van der Waals surface area contributed by atoms with Gasteiger partial charge in [0.15, 0.2) is 0 Å². The molecule has 0 bridgehead atoms. The van der Waals surface area contributed by atoms with Crippen LogP contribution in [0.3, 0.4) is 0 Å². The maximum atomic E-state index is 11.9. The van der Waals surface area contributed by atoms with Gasteiger partial charge in [-0.25, -0.2) is 15.3 Å². The van der Waals surface area contributed by atoms with Crippen LogP contribution < -0.4 is 15.3 Å². The van der Waals surface area contributed by atoms with Crippen LogP contribution in [0.15, 0.2) is 24.7 Å². The molecule has 2 heterocycles. The molecule has 0 unspecified atom stereocenters. The molecule has 3 rings (SSSR count).